The minimum Gasteiger partial charge on any atom is -0.462 e. The fourth-order valence-corrected chi connectivity index (χ4v) is 11.2. The molecule has 0 aliphatic carbocycles. The average Bonchev–Trinajstić information content (AvgIpc) is 3.44. The van der Waals surface area contributed by atoms with E-state index in [1.165, 1.54) is 103 Å². The van der Waals surface area contributed by atoms with Gasteiger partial charge in [-0.15, -0.1) is 0 Å². The summed E-state index contributed by atoms with van der Waals surface area (Å²) in [6.07, 6.45) is 35.1. The van der Waals surface area contributed by atoms with Crippen molar-refractivity contribution >= 4 is 39.5 Å². The standard InChI is InChI=1S/C65H126O17P2/c1-9-58(8)44-36-28-22-24-32-40-48-65(70)82-61(52-76-63(68)46-38-30-23-21-27-35-43-57(6)7)54-80-84(73,74)78-50-59(66)49-77-83(71,72)79-53-60(51-75-62(67)45-37-29-20-16-18-26-34-42-56(4)5)81-64(69)47-39-31-19-15-13-11-10-12-14-17-25-33-41-55(2)3/h55-61,66H,9-54H2,1-8H3,(H,71,72)(H,73,74)/t58?,59?,60-,61-/m1/s1. The van der Waals surface area contributed by atoms with Crippen LogP contribution in [-0.4, -0.2) is 96.7 Å². The molecule has 17 nitrogen and oxygen atoms in total. The Balaban J connectivity index is 5.24. The van der Waals surface area contributed by atoms with Gasteiger partial charge >= 0.3 is 39.5 Å². The first-order valence-electron chi connectivity index (χ1n) is 33.7. The number of unbranched alkanes of at least 4 members (excludes halogenated alkanes) is 27. The molecular formula is C65H126O17P2. The van der Waals surface area contributed by atoms with Crippen molar-refractivity contribution in [3.8, 4) is 0 Å². The Kier molecular flexibility index (Phi) is 53.9. The molecule has 0 aromatic carbocycles. The molecule has 6 atom stereocenters. The lowest BCUT2D eigenvalue weighted by molar-refractivity contribution is -0.161. The van der Waals surface area contributed by atoms with Crippen LogP contribution in [-0.2, 0) is 65.4 Å². The second-order valence-corrected chi connectivity index (χ2v) is 28.1. The molecule has 0 saturated carbocycles. The van der Waals surface area contributed by atoms with Gasteiger partial charge in [0.1, 0.15) is 19.3 Å². The minimum absolute atomic E-state index is 0.101. The Morgan fingerprint density at radius 2 is 0.571 bits per heavy atom. The molecule has 4 unspecified atom stereocenters. The molecule has 0 fully saturated rings. The number of carbonyl (C=O) groups excluding carboxylic acids is 4. The molecule has 0 aromatic rings. The van der Waals surface area contributed by atoms with E-state index in [-0.39, 0.29) is 25.7 Å². The van der Waals surface area contributed by atoms with Gasteiger partial charge in [-0.1, -0.05) is 261 Å². The molecule has 0 radical (unpaired) electrons. The van der Waals surface area contributed by atoms with Crippen molar-refractivity contribution in [2.45, 2.75) is 331 Å². The van der Waals surface area contributed by atoms with Gasteiger partial charge in [-0.25, -0.2) is 9.13 Å². The highest BCUT2D eigenvalue weighted by atomic mass is 31.2. The van der Waals surface area contributed by atoms with E-state index < -0.39 is 97.5 Å². The lowest BCUT2D eigenvalue weighted by Gasteiger charge is -2.21. The average molecular weight is 1240 g/mol. The summed E-state index contributed by atoms with van der Waals surface area (Å²) in [6, 6.07) is 0. The maximum atomic E-state index is 13.0. The first-order valence-corrected chi connectivity index (χ1v) is 36.7. The summed E-state index contributed by atoms with van der Waals surface area (Å²) in [7, 11) is -9.89. The molecular weight excluding hydrogens is 1110 g/mol. The number of carbonyl (C=O) groups is 4. The summed E-state index contributed by atoms with van der Waals surface area (Å²) < 4.78 is 68.0. The van der Waals surface area contributed by atoms with Crippen LogP contribution in [0.15, 0.2) is 0 Å². The maximum absolute atomic E-state index is 13.0. The number of phosphoric ester groups is 2. The van der Waals surface area contributed by atoms with Crippen molar-refractivity contribution in [1.82, 2.24) is 0 Å². The van der Waals surface area contributed by atoms with E-state index in [0.717, 1.165) is 115 Å². The van der Waals surface area contributed by atoms with Crippen molar-refractivity contribution in [3.05, 3.63) is 0 Å². The number of phosphoric acid groups is 2. The smallest absolute Gasteiger partial charge is 0.462 e. The molecule has 0 saturated heterocycles. The summed E-state index contributed by atoms with van der Waals surface area (Å²) in [4.78, 5) is 72.2. The van der Waals surface area contributed by atoms with Gasteiger partial charge in [-0.05, 0) is 49.4 Å². The Morgan fingerprint density at radius 3 is 0.845 bits per heavy atom. The summed E-state index contributed by atoms with van der Waals surface area (Å²) in [6.45, 7) is 13.9. The third-order valence-electron chi connectivity index (χ3n) is 15.2. The Hall–Kier alpha value is -1.94. The van der Waals surface area contributed by atoms with Gasteiger partial charge < -0.3 is 33.8 Å². The summed E-state index contributed by atoms with van der Waals surface area (Å²) in [5.41, 5.74) is 0. The third kappa shape index (κ3) is 57.8. The second-order valence-electron chi connectivity index (χ2n) is 25.2. The Bertz CT molecular complexity index is 1680. The summed E-state index contributed by atoms with van der Waals surface area (Å²) in [5.74, 6) is 0.740. The van der Waals surface area contributed by atoms with Crippen molar-refractivity contribution in [2.24, 2.45) is 23.7 Å². The van der Waals surface area contributed by atoms with Crippen LogP contribution in [0.5, 0.6) is 0 Å². The second kappa shape index (κ2) is 55.2. The molecule has 3 N–H and O–H groups in total. The molecule has 0 bridgehead atoms. The zero-order chi connectivity index (χ0) is 62.5. The highest BCUT2D eigenvalue weighted by molar-refractivity contribution is 7.47. The lowest BCUT2D eigenvalue weighted by atomic mass is 10.00. The molecule has 0 aromatic heterocycles. The maximum Gasteiger partial charge on any atom is 0.472 e. The van der Waals surface area contributed by atoms with Crippen molar-refractivity contribution in [3.63, 3.8) is 0 Å². The topological polar surface area (TPSA) is 237 Å². The predicted octanol–water partition coefficient (Wildman–Crippen LogP) is 17.8. The van der Waals surface area contributed by atoms with E-state index in [1.807, 2.05) is 0 Å². The number of aliphatic hydroxyl groups excluding tert-OH is 1. The van der Waals surface area contributed by atoms with E-state index in [9.17, 15) is 43.2 Å². The van der Waals surface area contributed by atoms with E-state index >= 15 is 0 Å². The van der Waals surface area contributed by atoms with Gasteiger partial charge in [-0.2, -0.15) is 0 Å². The number of aliphatic hydroxyl groups is 1. The van der Waals surface area contributed by atoms with E-state index in [1.54, 1.807) is 0 Å². The molecule has 498 valence electrons. The lowest BCUT2D eigenvalue weighted by Crippen LogP contribution is -2.30. The first-order chi connectivity index (χ1) is 40.1. The summed E-state index contributed by atoms with van der Waals surface area (Å²) >= 11 is 0. The fraction of sp³-hybridized carbons (Fsp3) is 0.938. The molecule has 84 heavy (non-hydrogen) atoms. The van der Waals surface area contributed by atoms with Gasteiger partial charge in [0.2, 0.25) is 0 Å². The van der Waals surface area contributed by atoms with Crippen LogP contribution in [0.25, 0.3) is 0 Å². The van der Waals surface area contributed by atoms with Crippen LogP contribution >= 0.6 is 15.6 Å². The minimum atomic E-state index is -4.95. The number of hydrogen-bond donors (Lipinski definition) is 3. The Morgan fingerprint density at radius 1 is 0.333 bits per heavy atom. The largest absolute Gasteiger partial charge is 0.472 e. The zero-order valence-corrected chi connectivity index (χ0v) is 56.3. The van der Waals surface area contributed by atoms with Gasteiger partial charge in [0, 0.05) is 25.7 Å². The molecule has 19 heteroatoms. The van der Waals surface area contributed by atoms with Crippen molar-refractivity contribution < 1.29 is 80.2 Å². The number of hydrogen-bond acceptors (Lipinski definition) is 15. The van der Waals surface area contributed by atoms with Crippen LogP contribution < -0.4 is 0 Å². The quantitative estimate of drug-likeness (QED) is 0.0222. The highest BCUT2D eigenvalue weighted by Crippen LogP contribution is 2.45. The van der Waals surface area contributed by atoms with Crippen LogP contribution in [0.4, 0.5) is 0 Å². The van der Waals surface area contributed by atoms with Crippen LogP contribution in [0.2, 0.25) is 0 Å². The summed E-state index contributed by atoms with van der Waals surface area (Å²) in [5, 5.41) is 10.5. The molecule has 0 spiro atoms. The predicted molar refractivity (Wildman–Crippen MR) is 335 cm³/mol. The fourth-order valence-electron chi connectivity index (χ4n) is 9.57. The normalized spacial score (nSPS) is 14.7. The zero-order valence-electron chi connectivity index (χ0n) is 54.5. The number of rotatable bonds is 62. The monoisotopic (exact) mass is 1240 g/mol. The van der Waals surface area contributed by atoms with E-state index in [4.69, 9.17) is 37.0 Å². The number of ether oxygens (including phenoxy) is 4. The molecule has 0 aliphatic heterocycles. The van der Waals surface area contributed by atoms with Crippen LogP contribution in [0.1, 0.15) is 312 Å². The van der Waals surface area contributed by atoms with Gasteiger partial charge in [0.25, 0.3) is 0 Å². The molecule has 0 heterocycles. The van der Waals surface area contributed by atoms with Gasteiger partial charge in [0.15, 0.2) is 12.2 Å². The highest BCUT2D eigenvalue weighted by Gasteiger charge is 2.30. The van der Waals surface area contributed by atoms with E-state index in [2.05, 4.69) is 55.4 Å². The van der Waals surface area contributed by atoms with Crippen LogP contribution in [0, 0.1) is 23.7 Å². The van der Waals surface area contributed by atoms with E-state index in [0.29, 0.717) is 37.5 Å². The number of esters is 4. The van der Waals surface area contributed by atoms with Crippen LogP contribution in [0.3, 0.4) is 0 Å². The van der Waals surface area contributed by atoms with Gasteiger partial charge in [-0.3, -0.25) is 37.3 Å². The third-order valence-corrected chi connectivity index (χ3v) is 17.1. The van der Waals surface area contributed by atoms with Gasteiger partial charge in [0.05, 0.1) is 26.4 Å². The molecule has 0 aliphatic rings. The molecule has 0 amide bonds. The van der Waals surface area contributed by atoms with Crippen molar-refractivity contribution in [2.75, 3.05) is 39.6 Å². The first kappa shape index (κ1) is 82.1. The van der Waals surface area contributed by atoms with Crippen molar-refractivity contribution in [1.29, 1.82) is 0 Å². The SMILES string of the molecule is CCC(C)CCCCCCCCC(=O)O[C@H](COC(=O)CCCCCCCCC(C)C)COP(=O)(O)OCC(O)COP(=O)(O)OC[C@@H](COC(=O)CCCCCCCCCC(C)C)OC(=O)CCCCCCCCCCCCCCC(C)C. The Labute approximate surface area is 511 Å². The molecule has 0 rings (SSSR count).